The summed E-state index contributed by atoms with van der Waals surface area (Å²) in [6.07, 6.45) is 1.93. The van der Waals surface area contributed by atoms with Gasteiger partial charge in [-0.2, -0.15) is 0 Å². The van der Waals surface area contributed by atoms with Crippen LogP contribution in [0.2, 0.25) is 0 Å². The fraction of sp³-hybridized carbons (Fsp3) is 0.500. The van der Waals surface area contributed by atoms with Gasteiger partial charge in [0.25, 0.3) is 0 Å². The first-order valence-electron chi connectivity index (χ1n) is 5.76. The fourth-order valence-electron chi connectivity index (χ4n) is 1.49. The summed E-state index contributed by atoms with van der Waals surface area (Å²) in [4.78, 5) is 0. The van der Waals surface area contributed by atoms with Crippen molar-refractivity contribution < 1.29 is 13.5 Å². The zero-order chi connectivity index (χ0) is 12.6. The lowest BCUT2D eigenvalue weighted by Gasteiger charge is -2.05. The molecule has 0 saturated carbocycles. The Hall–Kier alpha value is -0.910. The van der Waals surface area contributed by atoms with E-state index in [0.717, 1.165) is 12.8 Å². The summed E-state index contributed by atoms with van der Waals surface area (Å²) in [7, 11) is -3.21. The molecule has 4 nitrogen and oxygen atoms in total. The minimum Gasteiger partial charge on any atom is -0.396 e. The van der Waals surface area contributed by atoms with E-state index in [1.54, 1.807) is 0 Å². The standard InChI is InChI=1S/C12H19NO3S/c14-10-5-11-17(15,16)13-9-4-8-12-6-2-1-3-7-12/h1-3,6-7,13-14H,4-5,8-11H2. The summed E-state index contributed by atoms with van der Waals surface area (Å²) < 4.78 is 25.3. The summed E-state index contributed by atoms with van der Waals surface area (Å²) in [5.74, 6) is -0.00512. The molecule has 5 heteroatoms. The van der Waals surface area contributed by atoms with Crippen molar-refractivity contribution in [3.05, 3.63) is 35.9 Å². The van der Waals surface area contributed by atoms with Crippen molar-refractivity contribution in [2.75, 3.05) is 18.9 Å². The maximum atomic E-state index is 11.4. The molecule has 0 fully saturated rings. The van der Waals surface area contributed by atoms with E-state index in [1.165, 1.54) is 5.56 Å². The van der Waals surface area contributed by atoms with Gasteiger partial charge in [-0.15, -0.1) is 0 Å². The van der Waals surface area contributed by atoms with Gasteiger partial charge < -0.3 is 5.11 Å². The van der Waals surface area contributed by atoms with Crippen LogP contribution in [0.3, 0.4) is 0 Å². The van der Waals surface area contributed by atoms with Crippen LogP contribution in [0.15, 0.2) is 30.3 Å². The first-order chi connectivity index (χ1) is 8.14. The molecule has 0 bridgehead atoms. The van der Waals surface area contributed by atoms with E-state index in [0.29, 0.717) is 6.54 Å². The van der Waals surface area contributed by atoms with Crippen LogP contribution < -0.4 is 4.72 Å². The molecule has 0 radical (unpaired) electrons. The average Bonchev–Trinajstić information content (AvgIpc) is 2.34. The molecule has 0 saturated heterocycles. The lowest BCUT2D eigenvalue weighted by molar-refractivity contribution is 0.295. The Morgan fingerprint density at radius 1 is 1.12 bits per heavy atom. The Labute approximate surface area is 103 Å². The second-order valence-corrected chi connectivity index (χ2v) is 5.81. The first-order valence-corrected chi connectivity index (χ1v) is 7.41. The Morgan fingerprint density at radius 3 is 2.47 bits per heavy atom. The number of nitrogens with one attached hydrogen (secondary N) is 1. The summed E-state index contributed by atoms with van der Waals surface area (Å²) >= 11 is 0. The molecular formula is C12H19NO3S. The van der Waals surface area contributed by atoms with Crippen molar-refractivity contribution in [2.24, 2.45) is 0 Å². The van der Waals surface area contributed by atoms with Gasteiger partial charge in [0.05, 0.1) is 5.75 Å². The van der Waals surface area contributed by atoms with Crippen molar-refractivity contribution in [3.8, 4) is 0 Å². The monoisotopic (exact) mass is 257 g/mol. The molecule has 0 atom stereocenters. The van der Waals surface area contributed by atoms with Gasteiger partial charge in [-0.3, -0.25) is 0 Å². The number of hydrogen-bond donors (Lipinski definition) is 2. The van der Waals surface area contributed by atoms with Crippen molar-refractivity contribution in [1.82, 2.24) is 4.72 Å². The van der Waals surface area contributed by atoms with Gasteiger partial charge in [-0.05, 0) is 24.8 Å². The van der Waals surface area contributed by atoms with Crippen LogP contribution in [0.4, 0.5) is 0 Å². The van der Waals surface area contributed by atoms with E-state index >= 15 is 0 Å². The van der Waals surface area contributed by atoms with Gasteiger partial charge in [-0.25, -0.2) is 13.1 Å². The molecule has 1 rings (SSSR count). The number of hydrogen-bond acceptors (Lipinski definition) is 3. The van der Waals surface area contributed by atoms with Gasteiger partial charge in [0.15, 0.2) is 0 Å². The van der Waals surface area contributed by atoms with Crippen molar-refractivity contribution in [3.63, 3.8) is 0 Å². The average molecular weight is 257 g/mol. The van der Waals surface area contributed by atoms with Crippen LogP contribution in [0.5, 0.6) is 0 Å². The third-order valence-corrected chi connectivity index (χ3v) is 3.85. The van der Waals surface area contributed by atoms with E-state index in [9.17, 15) is 8.42 Å². The van der Waals surface area contributed by atoms with E-state index in [-0.39, 0.29) is 18.8 Å². The number of sulfonamides is 1. The molecule has 96 valence electrons. The van der Waals surface area contributed by atoms with E-state index in [2.05, 4.69) is 4.72 Å². The predicted molar refractivity (Wildman–Crippen MR) is 68.3 cm³/mol. The molecule has 17 heavy (non-hydrogen) atoms. The highest BCUT2D eigenvalue weighted by Gasteiger charge is 2.07. The maximum Gasteiger partial charge on any atom is 0.211 e. The van der Waals surface area contributed by atoms with Gasteiger partial charge in [0.2, 0.25) is 10.0 Å². The number of aliphatic hydroxyl groups excluding tert-OH is 1. The topological polar surface area (TPSA) is 66.4 Å². The van der Waals surface area contributed by atoms with Gasteiger partial charge in [-0.1, -0.05) is 30.3 Å². The minimum atomic E-state index is -3.21. The molecule has 0 heterocycles. The highest BCUT2D eigenvalue weighted by Crippen LogP contribution is 2.01. The predicted octanol–water partition coefficient (Wildman–Crippen LogP) is 0.921. The van der Waals surface area contributed by atoms with Gasteiger partial charge in [0, 0.05) is 13.2 Å². The van der Waals surface area contributed by atoms with E-state index < -0.39 is 10.0 Å². The smallest absolute Gasteiger partial charge is 0.211 e. The van der Waals surface area contributed by atoms with Gasteiger partial charge in [0.1, 0.15) is 0 Å². The second kappa shape index (κ2) is 7.42. The summed E-state index contributed by atoms with van der Waals surface area (Å²) in [6.45, 7) is 0.355. The molecule has 0 aliphatic carbocycles. The maximum absolute atomic E-state index is 11.4. The first kappa shape index (κ1) is 14.2. The molecule has 0 amide bonds. The largest absolute Gasteiger partial charge is 0.396 e. The third-order valence-electron chi connectivity index (χ3n) is 2.38. The van der Waals surface area contributed by atoms with Crippen LogP contribution >= 0.6 is 0 Å². The molecule has 0 unspecified atom stereocenters. The third kappa shape index (κ3) is 6.41. The highest BCUT2D eigenvalue weighted by atomic mass is 32.2. The highest BCUT2D eigenvalue weighted by molar-refractivity contribution is 7.89. The van der Waals surface area contributed by atoms with Crippen LogP contribution in [0.1, 0.15) is 18.4 Å². The Bertz CT molecular complexity index is 403. The normalized spacial score (nSPS) is 11.6. The lowest BCUT2D eigenvalue weighted by Crippen LogP contribution is -2.28. The molecule has 0 aromatic heterocycles. The summed E-state index contributed by atoms with van der Waals surface area (Å²) in [6, 6.07) is 9.96. The second-order valence-electron chi connectivity index (χ2n) is 3.88. The van der Waals surface area contributed by atoms with Crippen molar-refractivity contribution >= 4 is 10.0 Å². The molecule has 0 spiro atoms. The quantitative estimate of drug-likeness (QED) is 0.681. The number of rotatable bonds is 8. The zero-order valence-electron chi connectivity index (χ0n) is 9.80. The lowest BCUT2D eigenvalue weighted by atomic mass is 10.1. The van der Waals surface area contributed by atoms with Crippen molar-refractivity contribution in [2.45, 2.75) is 19.3 Å². The molecule has 0 aliphatic heterocycles. The Kier molecular flexibility index (Phi) is 6.18. The van der Waals surface area contributed by atoms with Crippen LogP contribution in [0, 0.1) is 0 Å². The van der Waals surface area contributed by atoms with Crippen LogP contribution in [0.25, 0.3) is 0 Å². The van der Waals surface area contributed by atoms with Crippen LogP contribution in [-0.2, 0) is 16.4 Å². The van der Waals surface area contributed by atoms with Crippen molar-refractivity contribution in [1.29, 1.82) is 0 Å². The van der Waals surface area contributed by atoms with E-state index in [1.807, 2.05) is 30.3 Å². The fourth-order valence-corrected chi connectivity index (χ4v) is 2.60. The number of aryl methyl sites for hydroxylation is 1. The molecule has 1 aromatic rings. The molecular weight excluding hydrogens is 238 g/mol. The summed E-state index contributed by atoms with van der Waals surface area (Å²) in [5.41, 5.74) is 1.21. The number of benzene rings is 1. The Balaban J connectivity index is 2.20. The molecule has 2 N–H and O–H groups in total. The number of aliphatic hydroxyl groups is 1. The molecule has 0 aliphatic rings. The zero-order valence-corrected chi connectivity index (χ0v) is 10.6. The summed E-state index contributed by atoms with van der Waals surface area (Å²) in [5, 5.41) is 8.56. The minimum absolute atomic E-state index is 0.00512. The Morgan fingerprint density at radius 2 is 1.82 bits per heavy atom. The SMILES string of the molecule is O=S(=O)(CCCO)NCCCc1ccccc1. The van der Waals surface area contributed by atoms with Crippen LogP contribution in [-0.4, -0.2) is 32.4 Å². The van der Waals surface area contributed by atoms with Gasteiger partial charge >= 0.3 is 0 Å². The molecule has 1 aromatic carbocycles. The van der Waals surface area contributed by atoms with E-state index in [4.69, 9.17) is 5.11 Å².